The van der Waals surface area contributed by atoms with Crippen LogP contribution in [0.15, 0.2) is 54.9 Å². The van der Waals surface area contributed by atoms with Crippen LogP contribution in [-0.2, 0) is 0 Å². The second kappa shape index (κ2) is 5.53. The smallest absolute Gasteiger partial charge is 0.185 e. The van der Waals surface area contributed by atoms with E-state index in [-0.39, 0.29) is 5.78 Å². The topological polar surface area (TPSA) is 42.0 Å². The van der Waals surface area contributed by atoms with Gasteiger partial charge < -0.3 is 5.32 Å². The summed E-state index contributed by atoms with van der Waals surface area (Å²) in [5.74, 6) is -0.00405. The Morgan fingerprint density at radius 2 is 2.25 bits per heavy atom. The van der Waals surface area contributed by atoms with Gasteiger partial charge in [0.1, 0.15) is 0 Å². The standard InChI is InChI=1S/C17H14N2O/c20-17(8-5-13-3-1-9-18-12-13)15-6-7-16-14(11-15)4-2-10-19-16/h1-9,11-12,19H,10H2/b8-5+. The first kappa shape index (κ1) is 12.4. The lowest BCUT2D eigenvalue weighted by molar-refractivity contribution is 0.104. The maximum absolute atomic E-state index is 12.2. The lowest BCUT2D eigenvalue weighted by Gasteiger charge is -2.13. The summed E-state index contributed by atoms with van der Waals surface area (Å²) in [7, 11) is 0. The van der Waals surface area contributed by atoms with Crippen LogP contribution >= 0.6 is 0 Å². The first-order chi connectivity index (χ1) is 9.83. The highest BCUT2D eigenvalue weighted by Gasteiger charge is 2.07. The number of nitrogens with zero attached hydrogens (tertiary/aromatic N) is 1. The van der Waals surface area contributed by atoms with Crippen LogP contribution in [0.4, 0.5) is 5.69 Å². The molecule has 0 atom stereocenters. The van der Waals surface area contributed by atoms with Crippen molar-refractivity contribution in [3.8, 4) is 0 Å². The molecule has 0 bridgehead atoms. The number of hydrogen-bond acceptors (Lipinski definition) is 3. The zero-order valence-electron chi connectivity index (χ0n) is 10.9. The summed E-state index contributed by atoms with van der Waals surface area (Å²) in [6.07, 6.45) is 10.9. The number of ketones is 1. The fraction of sp³-hybridized carbons (Fsp3) is 0.0588. The minimum absolute atomic E-state index is 0.00405. The van der Waals surface area contributed by atoms with Gasteiger partial charge in [0.15, 0.2) is 5.78 Å². The van der Waals surface area contributed by atoms with Crippen molar-refractivity contribution in [3.63, 3.8) is 0 Å². The van der Waals surface area contributed by atoms with Crippen LogP contribution in [0.2, 0.25) is 0 Å². The Balaban J connectivity index is 1.81. The predicted octanol–water partition coefficient (Wildman–Crippen LogP) is 3.42. The number of aromatic nitrogens is 1. The number of pyridine rings is 1. The number of rotatable bonds is 3. The van der Waals surface area contributed by atoms with Crippen LogP contribution in [-0.4, -0.2) is 17.3 Å². The van der Waals surface area contributed by atoms with Crippen molar-refractivity contribution in [2.24, 2.45) is 0 Å². The molecule has 0 saturated carbocycles. The quantitative estimate of drug-likeness (QED) is 0.680. The maximum atomic E-state index is 12.2. The van der Waals surface area contributed by atoms with Crippen molar-refractivity contribution in [2.45, 2.75) is 0 Å². The number of benzene rings is 1. The Labute approximate surface area is 117 Å². The van der Waals surface area contributed by atoms with E-state index in [0.29, 0.717) is 5.56 Å². The second-order valence-electron chi connectivity index (χ2n) is 4.57. The fourth-order valence-electron chi connectivity index (χ4n) is 2.11. The van der Waals surface area contributed by atoms with E-state index < -0.39 is 0 Å². The van der Waals surface area contributed by atoms with Gasteiger partial charge in [-0.15, -0.1) is 0 Å². The molecule has 20 heavy (non-hydrogen) atoms. The molecule has 1 aromatic heterocycles. The van der Waals surface area contributed by atoms with E-state index in [4.69, 9.17) is 0 Å². The summed E-state index contributed by atoms with van der Waals surface area (Å²) in [5, 5.41) is 3.26. The van der Waals surface area contributed by atoms with Gasteiger partial charge in [-0.1, -0.05) is 18.2 Å². The predicted molar refractivity (Wildman–Crippen MR) is 81.6 cm³/mol. The van der Waals surface area contributed by atoms with Gasteiger partial charge in [0.05, 0.1) is 0 Å². The molecule has 2 heterocycles. The Morgan fingerprint density at radius 3 is 3.10 bits per heavy atom. The van der Waals surface area contributed by atoms with Gasteiger partial charge in [0.25, 0.3) is 0 Å². The minimum Gasteiger partial charge on any atom is -0.381 e. The molecule has 0 saturated heterocycles. The lowest BCUT2D eigenvalue weighted by atomic mass is 10.0. The molecule has 3 rings (SSSR count). The molecule has 2 aromatic rings. The average molecular weight is 262 g/mol. The third kappa shape index (κ3) is 2.67. The second-order valence-corrected chi connectivity index (χ2v) is 4.57. The molecule has 0 radical (unpaired) electrons. The number of anilines is 1. The highest BCUT2D eigenvalue weighted by molar-refractivity contribution is 6.07. The average Bonchev–Trinajstić information content (AvgIpc) is 2.53. The van der Waals surface area contributed by atoms with Gasteiger partial charge in [-0.2, -0.15) is 0 Å². The molecule has 1 aliphatic rings. The first-order valence-electron chi connectivity index (χ1n) is 6.50. The minimum atomic E-state index is -0.00405. The van der Waals surface area contributed by atoms with Crippen molar-refractivity contribution in [2.75, 3.05) is 11.9 Å². The normalized spacial score (nSPS) is 13.0. The summed E-state index contributed by atoms with van der Waals surface area (Å²) in [5.41, 5.74) is 3.73. The summed E-state index contributed by atoms with van der Waals surface area (Å²) >= 11 is 0. The molecule has 1 aliphatic heterocycles. The van der Waals surface area contributed by atoms with Crippen molar-refractivity contribution in [3.05, 3.63) is 71.6 Å². The summed E-state index contributed by atoms with van der Waals surface area (Å²) in [6.45, 7) is 0.835. The number of nitrogens with one attached hydrogen (secondary N) is 1. The molecule has 1 aromatic carbocycles. The van der Waals surface area contributed by atoms with Crippen LogP contribution in [0, 0.1) is 0 Å². The molecular weight excluding hydrogens is 248 g/mol. The van der Waals surface area contributed by atoms with Crippen LogP contribution in [0.5, 0.6) is 0 Å². The fourth-order valence-corrected chi connectivity index (χ4v) is 2.11. The molecule has 0 unspecified atom stereocenters. The van der Waals surface area contributed by atoms with E-state index in [2.05, 4.69) is 10.3 Å². The summed E-state index contributed by atoms with van der Waals surface area (Å²) < 4.78 is 0. The van der Waals surface area contributed by atoms with Gasteiger partial charge >= 0.3 is 0 Å². The Kier molecular flexibility index (Phi) is 3.42. The third-order valence-electron chi connectivity index (χ3n) is 3.16. The van der Waals surface area contributed by atoms with Gasteiger partial charge in [-0.25, -0.2) is 0 Å². The third-order valence-corrected chi connectivity index (χ3v) is 3.16. The Bertz CT molecular complexity index is 687. The molecule has 0 spiro atoms. The zero-order chi connectivity index (χ0) is 13.8. The van der Waals surface area contributed by atoms with E-state index in [1.807, 2.05) is 42.5 Å². The van der Waals surface area contributed by atoms with E-state index in [0.717, 1.165) is 23.4 Å². The van der Waals surface area contributed by atoms with Crippen LogP contribution in [0.25, 0.3) is 12.2 Å². The summed E-state index contributed by atoms with van der Waals surface area (Å²) in [4.78, 5) is 16.2. The molecular formula is C17H14N2O. The SMILES string of the molecule is O=C(/C=C/c1cccnc1)c1ccc2c(c1)C=CCN2. The van der Waals surface area contributed by atoms with E-state index in [1.165, 1.54) is 0 Å². The van der Waals surface area contributed by atoms with Crippen molar-refractivity contribution in [1.29, 1.82) is 0 Å². The molecule has 1 N–H and O–H groups in total. The Morgan fingerprint density at radius 1 is 1.30 bits per heavy atom. The maximum Gasteiger partial charge on any atom is 0.185 e. The Hall–Kier alpha value is -2.68. The van der Waals surface area contributed by atoms with Gasteiger partial charge in [0.2, 0.25) is 0 Å². The van der Waals surface area contributed by atoms with Crippen molar-refractivity contribution >= 4 is 23.6 Å². The van der Waals surface area contributed by atoms with Gasteiger partial charge in [-0.05, 0) is 47.5 Å². The van der Waals surface area contributed by atoms with E-state index >= 15 is 0 Å². The molecule has 0 aliphatic carbocycles. The van der Waals surface area contributed by atoms with Crippen LogP contribution in [0.1, 0.15) is 21.5 Å². The van der Waals surface area contributed by atoms with E-state index in [9.17, 15) is 4.79 Å². The number of carbonyl (C=O) groups excluding carboxylic acids is 1. The molecule has 3 heteroatoms. The zero-order valence-corrected chi connectivity index (χ0v) is 10.9. The monoisotopic (exact) mass is 262 g/mol. The van der Waals surface area contributed by atoms with Gasteiger partial charge in [0, 0.05) is 30.2 Å². The molecule has 98 valence electrons. The highest BCUT2D eigenvalue weighted by Crippen LogP contribution is 2.22. The largest absolute Gasteiger partial charge is 0.381 e. The van der Waals surface area contributed by atoms with Crippen molar-refractivity contribution < 1.29 is 4.79 Å². The number of carbonyl (C=O) groups is 1. The van der Waals surface area contributed by atoms with Gasteiger partial charge in [-0.3, -0.25) is 9.78 Å². The molecule has 0 fully saturated rings. The molecule has 0 amide bonds. The number of hydrogen-bond donors (Lipinski definition) is 1. The highest BCUT2D eigenvalue weighted by atomic mass is 16.1. The van der Waals surface area contributed by atoms with E-state index in [1.54, 1.807) is 24.5 Å². The number of allylic oxidation sites excluding steroid dienone is 1. The van der Waals surface area contributed by atoms with Crippen molar-refractivity contribution in [1.82, 2.24) is 4.98 Å². The lowest BCUT2D eigenvalue weighted by Crippen LogP contribution is -2.05. The van der Waals surface area contributed by atoms with Crippen LogP contribution in [0.3, 0.4) is 0 Å². The van der Waals surface area contributed by atoms with Crippen LogP contribution < -0.4 is 5.32 Å². The first-order valence-corrected chi connectivity index (χ1v) is 6.50. The summed E-state index contributed by atoms with van der Waals surface area (Å²) in [6, 6.07) is 9.47. The number of fused-ring (bicyclic) bond motifs is 1. The molecule has 3 nitrogen and oxygen atoms in total.